The molecule has 0 aliphatic heterocycles. The number of urea groups is 1. The molecule has 0 aromatic heterocycles. The molecule has 0 saturated heterocycles. The van der Waals surface area contributed by atoms with Crippen LogP contribution >= 0.6 is 0 Å². The molecule has 3 N–H and O–H groups in total. The number of amides is 2. The minimum absolute atomic E-state index is 0.0991. The summed E-state index contributed by atoms with van der Waals surface area (Å²) in [7, 11) is 1.45. The third-order valence-electron chi connectivity index (χ3n) is 3.83. The monoisotopic (exact) mass is 346 g/mol. The number of halogens is 1. The van der Waals surface area contributed by atoms with Crippen LogP contribution in [-0.2, 0) is 6.42 Å². The zero-order valence-corrected chi connectivity index (χ0v) is 14.3. The lowest BCUT2D eigenvalue weighted by atomic mass is 10.1. The van der Waals surface area contributed by atoms with Crippen LogP contribution in [0.25, 0.3) is 0 Å². The average molecular weight is 346 g/mol. The van der Waals surface area contributed by atoms with Crippen LogP contribution in [0.2, 0.25) is 0 Å². The average Bonchev–Trinajstić information content (AvgIpc) is 2.60. The molecule has 2 aromatic carbocycles. The van der Waals surface area contributed by atoms with Crippen molar-refractivity contribution in [2.75, 3.05) is 13.7 Å². The molecule has 0 bridgehead atoms. The Kier molecular flexibility index (Phi) is 6.77. The fraction of sp³-hybridized carbons (Fsp3) is 0.316. The molecule has 2 atom stereocenters. The summed E-state index contributed by atoms with van der Waals surface area (Å²) in [5.41, 5.74) is 1.27. The van der Waals surface area contributed by atoms with Crippen molar-refractivity contribution >= 4 is 6.03 Å². The zero-order valence-electron chi connectivity index (χ0n) is 14.3. The van der Waals surface area contributed by atoms with Crippen molar-refractivity contribution in [3.63, 3.8) is 0 Å². The Bertz CT molecular complexity index is 694. The van der Waals surface area contributed by atoms with E-state index in [1.165, 1.54) is 13.2 Å². The summed E-state index contributed by atoms with van der Waals surface area (Å²) >= 11 is 0. The highest BCUT2D eigenvalue weighted by Gasteiger charge is 2.18. The molecule has 25 heavy (non-hydrogen) atoms. The number of aliphatic hydroxyl groups is 1. The number of nitrogens with one attached hydrogen (secondary N) is 2. The minimum atomic E-state index is -0.702. The lowest BCUT2D eigenvalue weighted by Crippen LogP contribution is -2.41. The Balaban J connectivity index is 1.86. The number of carbonyl (C=O) groups is 1. The molecule has 2 unspecified atom stereocenters. The summed E-state index contributed by atoms with van der Waals surface area (Å²) in [6.07, 6.45) is -0.260. The number of aliphatic hydroxyl groups excluding tert-OH is 1. The van der Waals surface area contributed by atoms with E-state index in [9.17, 15) is 14.3 Å². The SMILES string of the molecule is COc1cccc(F)c1C(C)NC(=O)NCC(O)Cc1ccccc1. The summed E-state index contributed by atoms with van der Waals surface area (Å²) in [6.45, 7) is 1.77. The number of methoxy groups -OCH3 is 1. The highest BCUT2D eigenvalue weighted by Crippen LogP contribution is 2.27. The van der Waals surface area contributed by atoms with Crippen LogP contribution in [0.15, 0.2) is 48.5 Å². The van der Waals surface area contributed by atoms with Crippen LogP contribution in [-0.4, -0.2) is 30.9 Å². The Morgan fingerprint density at radius 2 is 1.92 bits per heavy atom. The van der Waals surface area contributed by atoms with Gasteiger partial charge in [0, 0.05) is 13.0 Å². The maximum absolute atomic E-state index is 14.0. The normalized spacial score (nSPS) is 13.0. The maximum Gasteiger partial charge on any atom is 0.315 e. The van der Waals surface area contributed by atoms with E-state index in [-0.39, 0.29) is 12.1 Å². The first-order valence-electron chi connectivity index (χ1n) is 8.10. The first-order valence-corrected chi connectivity index (χ1v) is 8.10. The summed E-state index contributed by atoms with van der Waals surface area (Å²) in [6, 6.07) is 13.0. The number of hydrogen-bond acceptors (Lipinski definition) is 3. The van der Waals surface area contributed by atoms with Crippen molar-refractivity contribution < 1.29 is 19.0 Å². The van der Waals surface area contributed by atoms with Gasteiger partial charge >= 0.3 is 6.03 Å². The molecule has 2 amide bonds. The van der Waals surface area contributed by atoms with E-state index in [1.807, 2.05) is 30.3 Å². The van der Waals surface area contributed by atoms with Gasteiger partial charge in [-0.1, -0.05) is 36.4 Å². The lowest BCUT2D eigenvalue weighted by Gasteiger charge is -2.19. The molecule has 6 heteroatoms. The van der Waals surface area contributed by atoms with E-state index in [1.54, 1.807) is 19.1 Å². The Morgan fingerprint density at radius 1 is 1.20 bits per heavy atom. The molecule has 0 radical (unpaired) electrons. The van der Waals surface area contributed by atoms with Crippen molar-refractivity contribution in [2.24, 2.45) is 0 Å². The van der Waals surface area contributed by atoms with Crippen molar-refractivity contribution in [3.8, 4) is 5.75 Å². The fourth-order valence-corrected chi connectivity index (χ4v) is 2.60. The highest BCUT2D eigenvalue weighted by molar-refractivity contribution is 5.74. The van der Waals surface area contributed by atoms with Crippen LogP contribution in [0, 0.1) is 5.82 Å². The van der Waals surface area contributed by atoms with E-state index in [0.29, 0.717) is 12.2 Å². The van der Waals surface area contributed by atoms with E-state index in [0.717, 1.165) is 5.56 Å². The second-order valence-corrected chi connectivity index (χ2v) is 5.78. The Hall–Kier alpha value is -2.60. The summed E-state index contributed by atoms with van der Waals surface area (Å²) in [4.78, 5) is 12.0. The molecule has 0 fully saturated rings. The van der Waals surface area contributed by atoms with Crippen LogP contribution in [0.1, 0.15) is 24.1 Å². The van der Waals surface area contributed by atoms with Gasteiger partial charge in [-0.15, -0.1) is 0 Å². The third-order valence-corrected chi connectivity index (χ3v) is 3.83. The van der Waals surface area contributed by atoms with E-state index >= 15 is 0 Å². The number of rotatable bonds is 7. The standard InChI is InChI=1S/C19H23FN2O3/c1-13(18-16(20)9-6-10-17(18)25-2)22-19(24)21-12-15(23)11-14-7-4-3-5-8-14/h3-10,13,15,23H,11-12H2,1-2H3,(H2,21,22,24). The molecular weight excluding hydrogens is 323 g/mol. The van der Waals surface area contributed by atoms with Crippen molar-refractivity contribution in [2.45, 2.75) is 25.5 Å². The predicted octanol–water partition coefficient (Wildman–Crippen LogP) is 2.80. The molecule has 2 aromatic rings. The zero-order chi connectivity index (χ0) is 18.2. The van der Waals surface area contributed by atoms with E-state index in [2.05, 4.69) is 10.6 Å². The van der Waals surface area contributed by atoms with Gasteiger partial charge < -0.3 is 20.5 Å². The van der Waals surface area contributed by atoms with Crippen molar-refractivity contribution in [1.82, 2.24) is 10.6 Å². The number of ether oxygens (including phenoxy) is 1. The van der Waals surface area contributed by atoms with Gasteiger partial charge in [-0.3, -0.25) is 0 Å². The van der Waals surface area contributed by atoms with Gasteiger partial charge in [0.15, 0.2) is 0 Å². The Morgan fingerprint density at radius 3 is 2.60 bits per heavy atom. The van der Waals surface area contributed by atoms with Crippen LogP contribution < -0.4 is 15.4 Å². The molecule has 0 saturated carbocycles. The van der Waals surface area contributed by atoms with Gasteiger partial charge in [0.1, 0.15) is 11.6 Å². The lowest BCUT2D eigenvalue weighted by molar-refractivity contribution is 0.170. The third kappa shape index (κ3) is 5.46. The van der Waals surface area contributed by atoms with Gasteiger partial charge in [0.2, 0.25) is 0 Å². The van der Waals surface area contributed by atoms with E-state index in [4.69, 9.17) is 4.74 Å². The van der Waals surface area contributed by atoms with Gasteiger partial charge in [0.05, 0.1) is 24.8 Å². The van der Waals surface area contributed by atoms with Crippen LogP contribution in [0.4, 0.5) is 9.18 Å². The maximum atomic E-state index is 14.0. The predicted molar refractivity (Wildman–Crippen MR) is 94.1 cm³/mol. The summed E-state index contributed by atoms with van der Waals surface area (Å²) in [5, 5.41) is 15.3. The van der Waals surface area contributed by atoms with Crippen molar-refractivity contribution in [1.29, 1.82) is 0 Å². The topological polar surface area (TPSA) is 70.6 Å². The highest BCUT2D eigenvalue weighted by atomic mass is 19.1. The fourth-order valence-electron chi connectivity index (χ4n) is 2.60. The molecule has 0 spiro atoms. The molecule has 2 rings (SSSR count). The first kappa shape index (κ1) is 18.7. The molecule has 0 aliphatic carbocycles. The summed E-state index contributed by atoms with van der Waals surface area (Å²) in [5.74, 6) is -0.0758. The smallest absolute Gasteiger partial charge is 0.315 e. The quantitative estimate of drug-likeness (QED) is 0.722. The minimum Gasteiger partial charge on any atom is -0.496 e. The van der Waals surface area contributed by atoms with Gasteiger partial charge in [0.25, 0.3) is 0 Å². The van der Waals surface area contributed by atoms with Crippen LogP contribution in [0.3, 0.4) is 0 Å². The van der Waals surface area contributed by atoms with Crippen LogP contribution in [0.5, 0.6) is 5.75 Å². The number of hydrogen-bond donors (Lipinski definition) is 3. The van der Waals surface area contributed by atoms with Crippen molar-refractivity contribution in [3.05, 3.63) is 65.5 Å². The molecule has 0 heterocycles. The molecular formula is C19H23FN2O3. The van der Waals surface area contributed by atoms with Gasteiger partial charge in [-0.05, 0) is 24.6 Å². The number of carbonyl (C=O) groups excluding carboxylic acids is 1. The van der Waals surface area contributed by atoms with Gasteiger partial charge in [-0.2, -0.15) is 0 Å². The largest absolute Gasteiger partial charge is 0.496 e. The Labute approximate surface area is 146 Å². The summed E-state index contributed by atoms with van der Waals surface area (Å²) < 4.78 is 19.1. The first-order chi connectivity index (χ1) is 12.0. The molecule has 0 aliphatic rings. The second-order valence-electron chi connectivity index (χ2n) is 5.78. The second kappa shape index (κ2) is 9.03. The molecule has 134 valence electrons. The van der Waals surface area contributed by atoms with Gasteiger partial charge in [-0.25, -0.2) is 9.18 Å². The molecule has 5 nitrogen and oxygen atoms in total. The van der Waals surface area contributed by atoms with E-state index < -0.39 is 24.0 Å². The number of benzene rings is 2.